The molecule has 0 radical (unpaired) electrons. The summed E-state index contributed by atoms with van der Waals surface area (Å²) in [6, 6.07) is 7.28. The molecule has 30 heavy (non-hydrogen) atoms. The maximum Gasteiger partial charge on any atom is 0.267 e. The van der Waals surface area contributed by atoms with Crippen molar-refractivity contribution in [2.45, 2.75) is 25.0 Å². The van der Waals surface area contributed by atoms with Crippen molar-refractivity contribution in [3.63, 3.8) is 0 Å². The Kier molecular flexibility index (Phi) is 4.46. The first-order valence-electron chi connectivity index (χ1n) is 9.84. The SMILES string of the molecule is NC(=O)c1ccnc(N2CC(NC(=O)C3CC(Oc4cccc5[nH]cnc45)C3)C2)n1. The van der Waals surface area contributed by atoms with Gasteiger partial charge in [0.15, 0.2) is 0 Å². The third-order valence-corrected chi connectivity index (χ3v) is 5.58. The molecule has 0 spiro atoms. The lowest BCUT2D eigenvalue weighted by Crippen LogP contribution is -2.61. The number of primary amides is 1. The molecule has 1 aromatic carbocycles. The van der Waals surface area contributed by atoms with Crippen LogP contribution in [0.5, 0.6) is 5.75 Å². The summed E-state index contributed by atoms with van der Waals surface area (Å²) in [7, 11) is 0. The van der Waals surface area contributed by atoms with Crippen molar-refractivity contribution < 1.29 is 14.3 Å². The summed E-state index contributed by atoms with van der Waals surface area (Å²) in [6.45, 7) is 1.20. The lowest BCUT2D eigenvalue weighted by atomic mass is 9.81. The second kappa shape index (κ2) is 7.29. The molecule has 0 unspecified atom stereocenters. The number of carbonyl (C=O) groups is 2. The van der Waals surface area contributed by atoms with E-state index in [-0.39, 0.29) is 29.7 Å². The molecule has 2 amide bonds. The van der Waals surface area contributed by atoms with Crippen molar-refractivity contribution in [1.29, 1.82) is 0 Å². The lowest BCUT2D eigenvalue weighted by Gasteiger charge is -2.41. The van der Waals surface area contributed by atoms with E-state index in [1.54, 1.807) is 6.33 Å². The van der Waals surface area contributed by atoms with Crippen molar-refractivity contribution in [3.8, 4) is 5.75 Å². The van der Waals surface area contributed by atoms with Crippen LogP contribution in [0.15, 0.2) is 36.8 Å². The average molecular weight is 407 g/mol. The lowest BCUT2D eigenvalue weighted by molar-refractivity contribution is -0.131. The highest BCUT2D eigenvalue weighted by Crippen LogP contribution is 2.34. The maximum atomic E-state index is 12.5. The second-order valence-corrected chi connectivity index (χ2v) is 7.68. The summed E-state index contributed by atoms with van der Waals surface area (Å²) in [4.78, 5) is 41.3. The summed E-state index contributed by atoms with van der Waals surface area (Å²) in [5.74, 6) is 0.599. The number of rotatable bonds is 6. The van der Waals surface area contributed by atoms with Gasteiger partial charge in [-0.1, -0.05) is 6.07 Å². The van der Waals surface area contributed by atoms with Crippen LogP contribution >= 0.6 is 0 Å². The Labute approximate surface area is 171 Å². The van der Waals surface area contributed by atoms with E-state index >= 15 is 0 Å². The highest BCUT2D eigenvalue weighted by molar-refractivity contribution is 5.90. The number of hydrogen-bond acceptors (Lipinski definition) is 7. The van der Waals surface area contributed by atoms with E-state index < -0.39 is 5.91 Å². The molecule has 1 aliphatic carbocycles. The van der Waals surface area contributed by atoms with E-state index in [0.29, 0.717) is 31.9 Å². The molecule has 1 aliphatic heterocycles. The van der Waals surface area contributed by atoms with Gasteiger partial charge < -0.3 is 25.7 Å². The summed E-state index contributed by atoms with van der Waals surface area (Å²) in [5.41, 5.74) is 7.17. The van der Waals surface area contributed by atoms with Gasteiger partial charge in [0.25, 0.3) is 5.91 Å². The van der Waals surface area contributed by atoms with E-state index in [2.05, 4.69) is 25.3 Å². The molecule has 3 heterocycles. The Balaban J connectivity index is 1.09. The van der Waals surface area contributed by atoms with Gasteiger partial charge in [0, 0.05) is 25.2 Å². The number of aromatic nitrogens is 4. The molecule has 1 saturated carbocycles. The number of nitrogens with one attached hydrogen (secondary N) is 2. The van der Waals surface area contributed by atoms with Crippen LogP contribution in [-0.2, 0) is 4.79 Å². The molecule has 3 aromatic rings. The number of nitrogens with zero attached hydrogens (tertiary/aromatic N) is 4. The molecule has 1 saturated heterocycles. The van der Waals surface area contributed by atoms with Gasteiger partial charge in [0.05, 0.1) is 17.9 Å². The number of nitrogens with two attached hydrogens (primary N) is 1. The average Bonchev–Trinajstić information content (AvgIpc) is 3.16. The number of carbonyl (C=O) groups excluding carboxylic acids is 2. The summed E-state index contributed by atoms with van der Waals surface area (Å²) in [6.07, 6.45) is 4.54. The number of aromatic amines is 1. The van der Waals surface area contributed by atoms with Gasteiger partial charge in [-0.05, 0) is 31.0 Å². The highest BCUT2D eigenvalue weighted by Gasteiger charge is 2.39. The predicted molar refractivity (Wildman–Crippen MR) is 108 cm³/mol. The molecule has 2 aliphatic rings. The Morgan fingerprint density at radius 3 is 2.83 bits per heavy atom. The number of benzene rings is 1. The molecule has 2 fully saturated rings. The van der Waals surface area contributed by atoms with E-state index in [0.717, 1.165) is 16.8 Å². The standard InChI is InChI=1S/C20H21N7O3/c21-18(28)15-4-5-22-20(26-15)27-8-12(9-27)25-19(29)11-6-13(7-11)30-16-3-1-2-14-17(16)24-10-23-14/h1-5,10-13H,6-9H2,(H2,21,28)(H,23,24)(H,25,29). The van der Waals surface area contributed by atoms with Gasteiger partial charge in [0.1, 0.15) is 23.1 Å². The molecule has 10 nitrogen and oxygen atoms in total. The normalized spacial score (nSPS) is 21.0. The van der Waals surface area contributed by atoms with Gasteiger partial charge in [-0.3, -0.25) is 9.59 Å². The maximum absolute atomic E-state index is 12.5. The summed E-state index contributed by atoms with van der Waals surface area (Å²) in [5, 5.41) is 3.06. The minimum absolute atomic E-state index is 0.0193. The van der Waals surface area contributed by atoms with Gasteiger partial charge in [0.2, 0.25) is 11.9 Å². The Hall–Kier alpha value is -3.69. The number of para-hydroxylation sites is 1. The monoisotopic (exact) mass is 407 g/mol. The number of amides is 2. The number of fused-ring (bicyclic) bond motifs is 1. The fourth-order valence-electron chi connectivity index (χ4n) is 3.78. The van der Waals surface area contributed by atoms with Crippen LogP contribution in [0, 0.1) is 5.92 Å². The molecule has 10 heteroatoms. The zero-order valence-electron chi connectivity index (χ0n) is 16.1. The number of anilines is 1. The van der Waals surface area contributed by atoms with Gasteiger partial charge in [-0.15, -0.1) is 0 Å². The minimum Gasteiger partial charge on any atom is -0.488 e. The van der Waals surface area contributed by atoms with Gasteiger partial charge in [-0.2, -0.15) is 0 Å². The van der Waals surface area contributed by atoms with E-state index in [4.69, 9.17) is 10.5 Å². The van der Waals surface area contributed by atoms with E-state index in [9.17, 15) is 9.59 Å². The molecule has 5 rings (SSSR count). The van der Waals surface area contributed by atoms with Gasteiger partial charge in [-0.25, -0.2) is 15.0 Å². The third-order valence-electron chi connectivity index (χ3n) is 5.58. The number of H-pyrrole nitrogens is 1. The molecular formula is C20H21N7O3. The molecule has 154 valence electrons. The van der Waals surface area contributed by atoms with Crippen LogP contribution in [0.2, 0.25) is 0 Å². The largest absolute Gasteiger partial charge is 0.488 e. The van der Waals surface area contributed by atoms with Crippen LogP contribution in [0.3, 0.4) is 0 Å². The fourth-order valence-corrected chi connectivity index (χ4v) is 3.78. The zero-order valence-corrected chi connectivity index (χ0v) is 16.1. The van der Waals surface area contributed by atoms with Crippen molar-refractivity contribution in [2.75, 3.05) is 18.0 Å². The van der Waals surface area contributed by atoms with Crippen molar-refractivity contribution in [1.82, 2.24) is 25.3 Å². The molecule has 0 atom stereocenters. The quantitative estimate of drug-likeness (QED) is 0.544. The van der Waals surface area contributed by atoms with Crippen LogP contribution in [0.1, 0.15) is 23.3 Å². The highest BCUT2D eigenvalue weighted by atomic mass is 16.5. The van der Waals surface area contributed by atoms with E-state index in [1.165, 1.54) is 12.3 Å². The summed E-state index contributed by atoms with van der Waals surface area (Å²) < 4.78 is 6.03. The number of ether oxygens (including phenoxy) is 1. The zero-order chi connectivity index (χ0) is 20.7. The Bertz CT molecular complexity index is 1100. The first kappa shape index (κ1) is 18.3. The first-order valence-corrected chi connectivity index (χ1v) is 9.84. The summed E-state index contributed by atoms with van der Waals surface area (Å²) >= 11 is 0. The topological polar surface area (TPSA) is 139 Å². The van der Waals surface area contributed by atoms with Crippen molar-refractivity contribution in [3.05, 3.63) is 42.5 Å². The Morgan fingerprint density at radius 2 is 2.03 bits per heavy atom. The third kappa shape index (κ3) is 3.40. The van der Waals surface area contributed by atoms with Crippen LogP contribution in [0.25, 0.3) is 11.0 Å². The molecule has 4 N–H and O–H groups in total. The minimum atomic E-state index is -0.589. The second-order valence-electron chi connectivity index (χ2n) is 7.68. The number of hydrogen-bond donors (Lipinski definition) is 3. The number of imidazole rings is 1. The van der Waals surface area contributed by atoms with Crippen LogP contribution in [0.4, 0.5) is 5.95 Å². The molecule has 2 aromatic heterocycles. The smallest absolute Gasteiger partial charge is 0.267 e. The van der Waals surface area contributed by atoms with Crippen molar-refractivity contribution in [2.24, 2.45) is 11.7 Å². The predicted octanol–water partition coefficient (Wildman–Crippen LogP) is 0.614. The van der Waals surface area contributed by atoms with E-state index in [1.807, 2.05) is 23.1 Å². The molecule has 0 bridgehead atoms. The van der Waals surface area contributed by atoms with Crippen molar-refractivity contribution >= 4 is 28.8 Å². The molecular weight excluding hydrogens is 386 g/mol. The Morgan fingerprint density at radius 1 is 1.20 bits per heavy atom. The van der Waals surface area contributed by atoms with Crippen LogP contribution < -0.4 is 20.7 Å². The van der Waals surface area contributed by atoms with Crippen LogP contribution in [-0.4, -0.2) is 57.0 Å². The van der Waals surface area contributed by atoms with Gasteiger partial charge >= 0.3 is 0 Å². The fraction of sp³-hybridized carbons (Fsp3) is 0.350. The first-order chi connectivity index (χ1) is 14.6.